The molecule has 0 spiro atoms. The van der Waals surface area contributed by atoms with Crippen molar-refractivity contribution in [1.29, 1.82) is 0 Å². The van der Waals surface area contributed by atoms with Crippen LogP contribution < -0.4 is 5.32 Å². The van der Waals surface area contributed by atoms with Crippen LogP contribution >= 0.6 is 0 Å². The van der Waals surface area contributed by atoms with E-state index in [1.807, 2.05) is 19.2 Å². The summed E-state index contributed by atoms with van der Waals surface area (Å²) in [6, 6.07) is 6.99. The summed E-state index contributed by atoms with van der Waals surface area (Å²) in [5, 5.41) is 12.5. The van der Waals surface area contributed by atoms with Gasteiger partial charge in [0.25, 0.3) is 0 Å². The summed E-state index contributed by atoms with van der Waals surface area (Å²) in [6.07, 6.45) is 2.05. The van der Waals surface area contributed by atoms with Crippen molar-refractivity contribution in [2.24, 2.45) is 5.92 Å². The molecule has 1 aromatic rings. The van der Waals surface area contributed by atoms with Gasteiger partial charge in [0, 0.05) is 20.1 Å². The zero-order valence-corrected chi connectivity index (χ0v) is 10.7. The van der Waals surface area contributed by atoms with Gasteiger partial charge in [-0.05, 0) is 37.1 Å². The van der Waals surface area contributed by atoms with E-state index < -0.39 is 0 Å². The first-order valence-corrected chi connectivity index (χ1v) is 6.40. The number of nitrogens with zero attached hydrogens (tertiary/aromatic N) is 1. The third-order valence-corrected chi connectivity index (χ3v) is 3.38. The van der Waals surface area contributed by atoms with Crippen LogP contribution in [-0.4, -0.2) is 36.1 Å². The number of benzene rings is 1. The summed E-state index contributed by atoms with van der Waals surface area (Å²) in [5.74, 6) is 0.570. The van der Waals surface area contributed by atoms with Gasteiger partial charge in [0.1, 0.15) is 5.75 Å². The van der Waals surface area contributed by atoms with E-state index in [2.05, 4.69) is 5.32 Å². The molecule has 1 saturated heterocycles. The first-order chi connectivity index (χ1) is 8.66. The Labute approximate surface area is 108 Å². The molecule has 0 unspecified atom stereocenters. The van der Waals surface area contributed by atoms with Gasteiger partial charge in [-0.3, -0.25) is 4.79 Å². The average molecular weight is 248 g/mol. The summed E-state index contributed by atoms with van der Waals surface area (Å²) in [6.45, 7) is 2.40. The Morgan fingerprint density at radius 1 is 1.44 bits per heavy atom. The average Bonchev–Trinajstić information content (AvgIpc) is 2.41. The molecule has 0 aliphatic carbocycles. The topological polar surface area (TPSA) is 52.6 Å². The third-order valence-electron chi connectivity index (χ3n) is 3.38. The van der Waals surface area contributed by atoms with Crippen LogP contribution in [0.4, 0.5) is 0 Å². The summed E-state index contributed by atoms with van der Waals surface area (Å²) in [4.78, 5) is 14.0. The van der Waals surface area contributed by atoms with Gasteiger partial charge in [-0.1, -0.05) is 12.1 Å². The first kappa shape index (κ1) is 12.9. The van der Waals surface area contributed by atoms with Crippen LogP contribution in [0.25, 0.3) is 0 Å². The molecule has 2 N–H and O–H groups in total. The lowest BCUT2D eigenvalue weighted by Crippen LogP contribution is -2.41. The number of phenolic OH excluding ortho intramolecular Hbond substituents is 1. The highest BCUT2D eigenvalue weighted by Gasteiger charge is 2.23. The number of rotatable bonds is 3. The Bertz CT molecular complexity index is 397. The standard InChI is InChI=1S/C14H20N2O2/c1-16(10-11-4-6-13(17)7-5-11)14(18)12-3-2-8-15-9-12/h4-7,12,15,17H,2-3,8-10H2,1H3/t12-/m1/s1. The summed E-state index contributed by atoms with van der Waals surface area (Å²) < 4.78 is 0. The first-order valence-electron chi connectivity index (χ1n) is 6.40. The van der Waals surface area contributed by atoms with Crippen LogP contribution in [0.5, 0.6) is 5.75 Å². The molecule has 1 atom stereocenters. The fourth-order valence-corrected chi connectivity index (χ4v) is 2.33. The van der Waals surface area contributed by atoms with Gasteiger partial charge >= 0.3 is 0 Å². The number of hydrogen-bond donors (Lipinski definition) is 2. The molecule has 4 nitrogen and oxygen atoms in total. The molecule has 0 saturated carbocycles. The number of piperidine rings is 1. The molecule has 0 bridgehead atoms. The van der Waals surface area contributed by atoms with E-state index in [1.165, 1.54) is 0 Å². The van der Waals surface area contributed by atoms with Crippen molar-refractivity contribution >= 4 is 5.91 Å². The lowest BCUT2D eigenvalue weighted by atomic mass is 9.98. The van der Waals surface area contributed by atoms with E-state index in [0.717, 1.165) is 31.5 Å². The normalized spacial score (nSPS) is 19.5. The maximum atomic E-state index is 12.2. The van der Waals surface area contributed by atoms with Crippen LogP contribution in [0, 0.1) is 5.92 Å². The number of carbonyl (C=O) groups excluding carboxylic acids is 1. The monoisotopic (exact) mass is 248 g/mol. The molecular weight excluding hydrogens is 228 g/mol. The number of nitrogens with one attached hydrogen (secondary N) is 1. The van der Waals surface area contributed by atoms with Gasteiger partial charge in [-0.25, -0.2) is 0 Å². The zero-order valence-electron chi connectivity index (χ0n) is 10.7. The van der Waals surface area contributed by atoms with E-state index in [9.17, 15) is 9.90 Å². The highest BCUT2D eigenvalue weighted by Crippen LogP contribution is 2.15. The number of amides is 1. The minimum Gasteiger partial charge on any atom is -0.508 e. The molecule has 1 heterocycles. The van der Waals surface area contributed by atoms with Crippen molar-refractivity contribution in [3.05, 3.63) is 29.8 Å². The Balaban J connectivity index is 1.92. The molecule has 4 heteroatoms. The van der Waals surface area contributed by atoms with E-state index in [-0.39, 0.29) is 17.6 Å². The third kappa shape index (κ3) is 3.23. The quantitative estimate of drug-likeness (QED) is 0.849. The summed E-state index contributed by atoms with van der Waals surface area (Å²) >= 11 is 0. The van der Waals surface area contributed by atoms with E-state index in [4.69, 9.17) is 0 Å². The highest BCUT2D eigenvalue weighted by atomic mass is 16.3. The minimum absolute atomic E-state index is 0.112. The molecule has 1 aliphatic rings. The molecular formula is C14H20N2O2. The van der Waals surface area contributed by atoms with Crippen LogP contribution in [0.15, 0.2) is 24.3 Å². The zero-order chi connectivity index (χ0) is 13.0. The Morgan fingerprint density at radius 3 is 2.78 bits per heavy atom. The van der Waals surface area contributed by atoms with E-state index in [0.29, 0.717) is 6.54 Å². The van der Waals surface area contributed by atoms with Gasteiger partial charge in [0.15, 0.2) is 0 Å². The highest BCUT2D eigenvalue weighted by molar-refractivity contribution is 5.78. The largest absolute Gasteiger partial charge is 0.508 e. The van der Waals surface area contributed by atoms with Crippen LogP contribution in [-0.2, 0) is 11.3 Å². The molecule has 18 heavy (non-hydrogen) atoms. The molecule has 1 fully saturated rings. The van der Waals surface area contributed by atoms with E-state index >= 15 is 0 Å². The predicted octanol–water partition coefficient (Wildman–Crippen LogP) is 1.35. The maximum absolute atomic E-state index is 12.2. The van der Waals surface area contributed by atoms with Crippen LogP contribution in [0.1, 0.15) is 18.4 Å². The predicted molar refractivity (Wildman–Crippen MR) is 70.2 cm³/mol. The number of aromatic hydroxyl groups is 1. The SMILES string of the molecule is CN(Cc1ccc(O)cc1)C(=O)[C@@H]1CCCNC1. The summed E-state index contributed by atoms with van der Waals surface area (Å²) in [5.41, 5.74) is 1.03. The second-order valence-electron chi connectivity index (χ2n) is 4.90. The fraction of sp³-hybridized carbons (Fsp3) is 0.500. The Kier molecular flexibility index (Phi) is 4.20. The molecule has 98 valence electrons. The Hall–Kier alpha value is -1.55. The molecule has 1 amide bonds. The van der Waals surface area contributed by atoms with Crippen LogP contribution in [0.2, 0.25) is 0 Å². The van der Waals surface area contributed by atoms with E-state index in [1.54, 1.807) is 17.0 Å². The smallest absolute Gasteiger partial charge is 0.227 e. The van der Waals surface area contributed by atoms with Crippen molar-refractivity contribution in [3.8, 4) is 5.75 Å². The minimum atomic E-state index is 0.112. The fourth-order valence-electron chi connectivity index (χ4n) is 2.33. The molecule has 2 rings (SSSR count). The van der Waals surface area contributed by atoms with Gasteiger partial charge in [-0.2, -0.15) is 0 Å². The summed E-state index contributed by atoms with van der Waals surface area (Å²) in [7, 11) is 1.84. The maximum Gasteiger partial charge on any atom is 0.227 e. The number of phenols is 1. The van der Waals surface area contributed by atoms with Crippen molar-refractivity contribution in [2.45, 2.75) is 19.4 Å². The second-order valence-corrected chi connectivity index (χ2v) is 4.90. The molecule has 0 radical (unpaired) electrons. The van der Waals surface area contributed by atoms with Crippen molar-refractivity contribution in [2.75, 3.05) is 20.1 Å². The van der Waals surface area contributed by atoms with Gasteiger partial charge in [0.05, 0.1) is 5.92 Å². The van der Waals surface area contributed by atoms with Gasteiger partial charge in [-0.15, -0.1) is 0 Å². The molecule has 0 aromatic heterocycles. The van der Waals surface area contributed by atoms with Crippen molar-refractivity contribution in [3.63, 3.8) is 0 Å². The van der Waals surface area contributed by atoms with Crippen LogP contribution in [0.3, 0.4) is 0 Å². The lowest BCUT2D eigenvalue weighted by Gasteiger charge is -2.27. The van der Waals surface area contributed by atoms with Gasteiger partial charge < -0.3 is 15.3 Å². The Morgan fingerprint density at radius 2 is 2.17 bits per heavy atom. The van der Waals surface area contributed by atoms with Crippen molar-refractivity contribution in [1.82, 2.24) is 10.2 Å². The number of carbonyl (C=O) groups is 1. The van der Waals surface area contributed by atoms with Gasteiger partial charge in [0.2, 0.25) is 5.91 Å². The second kappa shape index (κ2) is 5.87. The lowest BCUT2D eigenvalue weighted by molar-refractivity contribution is -0.135. The van der Waals surface area contributed by atoms with Crippen molar-refractivity contribution < 1.29 is 9.90 Å². The molecule has 1 aliphatic heterocycles. The number of hydrogen-bond acceptors (Lipinski definition) is 3. The molecule has 1 aromatic carbocycles.